The fourth-order valence-corrected chi connectivity index (χ4v) is 3.63. The molecule has 1 aliphatic carbocycles. The lowest BCUT2D eigenvalue weighted by Crippen LogP contribution is -2.18. The predicted octanol–water partition coefficient (Wildman–Crippen LogP) is 1.53. The first-order valence-corrected chi connectivity index (χ1v) is 7.12. The van der Waals surface area contributed by atoms with Gasteiger partial charge in [-0.05, 0) is 28.8 Å². The highest BCUT2D eigenvalue weighted by atomic mass is 79.9. The predicted molar refractivity (Wildman–Crippen MR) is 62.6 cm³/mol. The summed E-state index contributed by atoms with van der Waals surface area (Å²) in [5.74, 6) is 0. The molecule has 2 heterocycles. The maximum Gasteiger partial charge on any atom is 0.257 e. The van der Waals surface area contributed by atoms with Crippen molar-refractivity contribution in [1.29, 1.82) is 0 Å². The van der Waals surface area contributed by atoms with Crippen LogP contribution in [0.25, 0.3) is 10.9 Å². The molecule has 1 fully saturated rings. The number of hydrogen-bond acceptors (Lipinski definition) is 4. The fourth-order valence-electron chi connectivity index (χ4n) is 1.60. The molecule has 0 aromatic carbocycles. The van der Waals surface area contributed by atoms with E-state index in [4.69, 9.17) is 0 Å². The molecule has 7 heteroatoms. The van der Waals surface area contributed by atoms with Gasteiger partial charge in [-0.3, -0.25) is 4.98 Å². The van der Waals surface area contributed by atoms with E-state index in [2.05, 4.69) is 26.0 Å². The molecule has 84 valence electrons. The molecule has 0 radical (unpaired) electrons. The number of aromatic nitrogens is 3. The van der Waals surface area contributed by atoms with Gasteiger partial charge in [0.1, 0.15) is 5.52 Å². The van der Waals surface area contributed by atoms with Gasteiger partial charge in [0.05, 0.1) is 17.6 Å². The molecule has 0 spiro atoms. The van der Waals surface area contributed by atoms with Gasteiger partial charge in [-0.25, -0.2) is 8.42 Å². The third kappa shape index (κ3) is 1.38. The summed E-state index contributed by atoms with van der Waals surface area (Å²) in [5, 5.41) is 4.44. The van der Waals surface area contributed by atoms with Crippen LogP contribution in [0.3, 0.4) is 0 Å². The number of rotatable bonds is 2. The highest BCUT2D eigenvalue weighted by Gasteiger charge is 2.38. The zero-order valence-electron chi connectivity index (χ0n) is 8.17. The molecular formula is C9H8BrN3O2S. The molecule has 3 rings (SSSR count). The molecule has 0 atom stereocenters. The lowest BCUT2D eigenvalue weighted by Gasteiger charge is -2.03. The number of fused-ring (bicyclic) bond motifs is 1. The van der Waals surface area contributed by atoms with Gasteiger partial charge in [0, 0.05) is 16.1 Å². The second kappa shape index (κ2) is 3.27. The van der Waals surface area contributed by atoms with Crippen molar-refractivity contribution < 1.29 is 8.42 Å². The molecule has 0 N–H and O–H groups in total. The zero-order chi connectivity index (χ0) is 11.3. The van der Waals surface area contributed by atoms with Gasteiger partial charge in [0.2, 0.25) is 0 Å². The summed E-state index contributed by atoms with van der Waals surface area (Å²) in [6, 6.07) is 0. The van der Waals surface area contributed by atoms with Crippen molar-refractivity contribution in [2.24, 2.45) is 0 Å². The summed E-state index contributed by atoms with van der Waals surface area (Å²) in [5.41, 5.74) is 0.529. The summed E-state index contributed by atoms with van der Waals surface area (Å²) in [6.45, 7) is 0. The summed E-state index contributed by atoms with van der Waals surface area (Å²) in [4.78, 5) is 3.97. The molecule has 0 bridgehead atoms. The maximum absolute atomic E-state index is 12.0. The first kappa shape index (κ1) is 10.2. The Kier molecular flexibility index (Phi) is 2.09. The van der Waals surface area contributed by atoms with E-state index in [1.807, 2.05) is 0 Å². The highest BCUT2D eigenvalue weighted by Crippen LogP contribution is 2.32. The van der Waals surface area contributed by atoms with E-state index in [1.165, 1.54) is 6.20 Å². The van der Waals surface area contributed by atoms with E-state index in [-0.39, 0.29) is 5.25 Å². The van der Waals surface area contributed by atoms with Crippen molar-refractivity contribution in [2.45, 2.75) is 18.1 Å². The number of pyridine rings is 1. The first-order valence-electron chi connectivity index (χ1n) is 4.82. The molecule has 1 aliphatic rings. The van der Waals surface area contributed by atoms with Crippen molar-refractivity contribution in [2.75, 3.05) is 0 Å². The molecule has 2 aromatic heterocycles. The monoisotopic (exact) mass is 301 g/mol. The van der Waals surface area contributed by atoms with E-state index in [9.17, 15) is 8.42 Å². The summed E-state index contributed by atoms with van der Waals surface area (Å²) in [7, 11) is -3.32. The second-order valence-electron chi connectivity index (χ2n) is 3.79. The SMILES string of the molecule is O=S(=O)(C1CC1)n1ncc2c(Br)cncc21. The van der Waals surface area contributed by atoms with Crippen LogP contribution in [0, 0.1) is 0 Å². The van der Waals surface area contributed by atoms with Gasteiger partial charge >= 0.3 is 0 Å². The minimum absolute atomic E-state index is 0.269. The van der Waals surface area contributed by atoms with Crippen LogP contribution in [-0.4, -0.2) is 27.8 Å². The van der Waals surface area contributed by atoms with Gasteiger partial charge in [0.15, 0.2) is 0 Å². The van der Waals surface area contributed by atoms with Gasteiger partial charge in [0.25, 0.3) is 10.0 Å². The highest BCUT2D eigenvalue weighted by molar-refractivity contribution is 9.10. The Morgan fingerprint density at radius 2 is 2.06 bits per heavy atom. The third-order valence-corrected chi connectivity index (χ3v) is 5.32. The molecular weight excluding hydrogens is 294 g/mol. The third-order valence-electron chi connectivity index (χ3n) is 2.60. The average molecular weight is 302 g/mol. The van der Waals surface area contributed by atoms with Gasteiger partial charge in [-0.1, -0.05) is 0 Å². The molecule has 5 nitrogen and oxygen atoms in total. The minimum atomic E-state index is -3.32. The van der Waals surface area contributed by atoms with Crippen LogP contribution in [0.4, 0.5) is 0 Å². The van der Waals surface area contributed by atoms with E-state index >= 15 is 0 Å². The fraction of sp³-hybridized carbons (Fsp3) is 0.333. The standard InChI is InChI=1S/C9H8BrN3O2S/c10-8-4-11-5-9-7(8)3-12-13(9)16(14,15)6-1-2-6/h3-6H,1-2H2. The quantitative estimate of drug-likeness (QED) is 0.844. The first-order chi connectivity index (χ1) is 7.60. The molecule has 16 heavy (non-hydrogen) atoms. The normalized spacial score (nSPS) is 16.8. The van der Waals surface area contributed by atoms with Crippen LogP contribution in [-0.2, 0) is 10.0 Å². The van der Waals surface area contributed by atoms with Crippen molar-refractivity contribution in [3.63, 3.8) is 0 Å². The number of hydrogen-bond donors (Lipinski definition) is 0. The van der Waals surface area contributed by atoms with E-state index in [0.29, 0.717) is 5.52 Å². The van der Waals surface area contributed by atoms with Gasteiger partial charge in [-0.15, -0.1) is 0 Å². The molecule has 2 aromatic rings. The number of nitrogens with zero attached hydrogens (tertiary/aromatic N) is 3. The average Bonchev–Trinajstić information content (AvgIpc) is 2.99. The maximum atomic E-state index is 12.0. The molecule has 1 saturated carbocycles. The molecule has 0 unspecified atom stereocenters. The van der Waals surface area contributed by atoms with Gasteiger partial charge in [-0.2, -0.15) is 9.19 Å². The number of halogens is 1. The summed E-state index contributed by atoms with van der Waals surface area (Å²) in [6.07, 6.45) is 6.14. The van der Waals surface area contributed by atoms with E-state index < -0.39 is 10.0 Å². The topological polar surface area (TPSA) is 64.8 Å². The second-order valence-corrected chi connectivity index (χ2v) is 6.68. The molecule has 0 saturated heterocycles. The lowest BCUT2D eigenvalue weighted by molar-refractivity contribution is 0.581. The largest absolute Gasteiger partial charge is 0.261 e. The Hall–Kier alpha value is -0.950. The Balaban J connectivity index is 2.29. The van der Waals surface area contributed by atoms with Crippen LogP contribution in [0.1, 0.15) is 12.8 Å². The Morgan fingerprint density at radius 3 is 2.75 bits per heavy atom. The van der Waals surface area contributed by atoms with E-state index in [0.717, 1.165) is 26.8 Å². The smallest absolute Gasteiger partial charge is 0.257 e. The van der Waals surface area contributed by atoms with Crippen LogP contribution in [0.5, 0.6) is 0 Å². The van der Waals surface area contributed by atoms with Crippen LogP contribution in [0.2, 0.25) is 0 Å². The summed E-state index contributed by atoms with van der Waals surface area (Å²) >= 11 is 3.32. The zero-order valence-corrected chi connectivity index (χ0v) is 10.6. The Labute approximate surface area is 101 Å². The lowest BCUT2D eigenvalue weighted by atomic mass is 10.3. The van der Waals surface area contributed by atoms with E-state index in [1.54, 1.807) is 12.4 Å². The van der Waals surface area contributed by atoms with Crippen LogP contribution >= 0.6 is 15.9 Å². The van der Waals surface area contributed by atoms with Crippen LogP contribution < -0.4 is 0 Å². The molecule has 0 amide bonds. The Bertz CT molecular complexity index is 660. The van der Waals surface area contributed by atoms with Crippen molar-refractivity contribution >= 4 is 36.9 Å². The van der Waals surface area contributed by atoms with Crippen LogP contribution in [0.15, 0.2) is 23.1 Å². The van der Waals surface area contributed by atoms with Crippen molar-refractivity contribution in [3.05, 3.63) is 23.1 Å². The summed E-state index contributed by atoms with van der Waals surface area (Å²) < 4.78 is 25.9. The Morgan fingerprint density at radius 1 is 1.31 bits per heavy atom. The minimum Gasteiger partial charge on any atom is -0.261 e. The molecule has 0 aliphatic heterocycles. The van der Waals surface area contributed by atoms with Crippen molar-refractivity contribution in [1.82, 2.24) is 14.2 Å². The van der Waals surface area contributed by atoms with Crippen molar-refractivity contribution in [3.8, 4) is 0 Å². The van der Waals surface area contributed by atoms with Gasteiger partial charge < -0.3 is 0 Å².